The lowest BCUT2D eigenvalue weighted by Gasteiger charge is -2.07. The zero-order chi connectivity index (χ0) is 16.2. The third-order valence-corrected chi connectivity index (χ3v) is 3.36. The molecule has 0 bridgehead atoms. The van der Waals surface area contributed by atoms with E-state index in [1.54, 1.807) is 24.4 Å². The average molecular weight is 306 g/mol. The van der Waals surface area contributed by atoms with Crippen LogP contribution in [0.25, 0.3) is 11.3 Å². The Kier molecular flexibility index (Phi) is 3.88. The van der Waals surface area contributed by atoms with Crippen molar-refractivity contribution < 1.29 is 9.59 Å². The minimum Gasteiger partial charge on any atom is -0.366 e. The summed E-state index contributed by atoms with van der Waals surface area (Å²) >= 11 is 0. The zero-order valence-corrected chi connectivity index (χ0v) is 12.1. The summed E-state index contributed by atoms with van der Waals surface area (Å²) in [7, 11) is 0. The molecule has 23 heavy (non-hydrogen) atoms. The second kappa shape index (κ2) is 6.15. The molecule has 0 saturated carbocycles. The van der Waals surface area contributed by atoms with E-state index in [1.165, 1.54) is 12.1 Å². The Labute approximate surface area is 132 Å². The molecule has 0 radical (unpaired) electrons. The number of benzene rings is 2. The van der Waals surface area contributed by atoms with Gasteiger partial charge >= 0.3 is 0 Å². The highest BCUT2D eigenvalue weighted by Gasteiger charge is 2.08. The quantitative estimate of drug-likeness (QED) is 0.690. The number of anilines is 1. The fraction of sp³-hybridized carbons (Fsp3) is 0. The molecule has 1 aromatic heterocycles. The van der Waals surface area contributed by atoms with Crippen LogP contribution in [0.4, 0.5) is 5.69 Å². The van der Waals surface area contributed by atoms with Crippen LogP contribution in [0.3, 0.4) is 0 Å². The first-order valence-corrected chi connectivity index (χ1v) is 6.94. The summed E-state index contributed by atoms with van der Waals surface area (Å²) in [6.45, 7) is 0. The van der Waals surface area contributed by atoms with Crippen LogP contribution < -0.4 is 11.1 Å². The Morgan fingerprint density at radius 3 is 2.39 bits per heavy atom. The van der Waals surface area contributed by atoms with E-state index in [1.807, 2.05) is 24.3 Å². The molecule has 2 aromatic carbocycles. The molecule has 0 spiro atoms. The van der Waals surface area contributed by atoms with Crippen molar-refractivity contribution in [3.8, 4) is 11.3 Å². The maximum atomic E-state index is 12.2. The second-order valence-corrected chi connectivity index (χ2v) is 4.95. The molecule has 3 rings (SSSR count). The van der Waals surface area contributed by atoms with Crippen molar-refractivity contribution >= 4 is 17.5 Å². The molecule has 2 amide bonds. The first-order valence-electron chi connectivity index (χ1n) is 6.94. The van der Waals surface area contributed by atoms with E-state index >= 15 is 0 Å². The number of hydrogen-bond acceptors (Lipinski definition) is 3. The number of nitrogens with one attached hydrogen (secondary N) is 2. The standard InChI is InChI=1S/C17H14N4O2/c18-16(22)11-4-6-12(7-5-11)17(23)20-14-3-1-2-13(10-14)15-8-9-19-21-15/h1-10H,(H2,18,22)(H,19,21)(H,20,23). The summed E-state index contributed by atoms with van der Waals surface area (Å²) in [4.78, 5) is 23.3. The van der Waals surface area contributed by atoms with Gasteiger partial charge in [0.25, 0.3) is 5.91 Å². The molecular weight excluding hydrogens is 292 g/mol. The number of H-pyrrole nitrogens is 1. The molecule has 114 valence electrons. The Hall–Kier alpha value is -3.41. The molecule has 0 aliphatic rings. The number of nitrogens with zero attached hydrogens (tertiary/aromatic N) is 1. The van der Waals surface area contributed by atoms with Gasteiger partial charge in [-0.2, -0.15) is 5.10 Å². The van der Waals surface area contributed by atoms with Gasteiger partial charge in [0, 0.05) is 28.6 Å². The van der Waals surface area contributed by atoms with E-state index in [-0.39, 0.29) is 5.91 Å². The number of aromatic nitrogens is 2. The predicted octanol–water partition coefficient (Wildman–Crippen LogP) is 2.43. The molecule has 0 unspecified atom stereocenters. The highest BCUT2D eigenvalue weighted by molar-refractivity contribution is 6.05. The van der Waals surface area contributed by atoms with Crippen molar-refractivity contribution in [1.82, 2.24) is 10.2 Å². The normalized spacial score (nSPS) is 10.3. The minimum absolute atomic E-state index is 0.261. The molecule has 0 saturated heterocycles. The largest absolute Gasteiger partial charge is 0.366 e. The second-order valence-electron chi connectivity index (χ2n) is 4.95. The number of carbonyl (C=O) groups is 2. The number of aromatic amines is 1. The number of primary amides is 1. The monoisotopic (exact) mass is 306 g/mol. The van der Waals surface area contributed by atoms with Gasteiger partial charge in [0.15, 0.2) is 0 Å². The van der Waals surface area contributed by atoms with Crippen molar-refractivity contribution in [2.45, 2.75) is 0 Å². The van der Waals surface area contributed by atoms with Crippen molar-refractivity contribution in [2.75, 3.05) is 5.32 Å². The summed E-state index contributed by atoms with van der Waals surface area (Å²) in [6, 6.07) is 15.5. The van der Waals surface area contributed by atoms with E-state index in [2.05, 4.69) is 15.5 Å². The maximum absolute atomic E-state index is 12.2. The van der Waals surface area contributed by atoms with Gasteiger partial charge in [-0.15, -0.1) is 0 Å². The number of amides is 2. The van der Waals surface area contributed by atoms with Crippen molar-refractivity contribution in [2.24, 2.45) is 5.73 Å². The van der Waals surface area contributed by atoms with Gasteiger partial charge in [-0.05, 0) is 42.5 Å². The van der Waals surface area contributed by atoms with E-state index < -0.39 is 5.91 Å². The molecule has 3 aromatic rings. The molecule has 0 aliphatic heterocycles. The van der Waals surface area contributed by atoms with E-state index in [0.29, 0.717) is 16.8 Å². The van der Waals surface area contributed by atoms with Crippen LogP contribution in [-0.4, -0.2) is 22.0 Å². The molecule has 6 nitrogen and oxygen atoms in total. The van der Waals surface area contributed by atoms with E-state index in [9.17, 15) is 9.59 Å². The van der Waals surface area contributed by atoms with Crippen LogP contribution in [0.1, 0.15) is 20.7 Å². The van der Waals surface area contributed by atoms with E-state index in [4.69, 9.17) is 5.73 Å². The van der Waals surface area contributed by atoms with Crippen molar-refractivity contribution in [3.63, 3.8) is 0 Å². The molecule has 0 atom stereocenters. The lowest BCUT2D eigenvalue weighted by molar-refractivity contribution is 0.0995. The topological polar surface area (TPSA) is 101 Å². The smallest absolute Gasteiger partial charge is 0.255 e. The minimum atomic E-state index is -0.524. The molecule has 1 heterocycles. The molecule has 0 fully saturated rings. The number of rotatable bonds is 4. The molecule has 4 N–H and O–H groups in total. The van der Waals surface area contributed by atoms with Crippen LogP contribution in [0, 0.1) is 0 Å². The first kappa shape index (κ1) is 14.5. The van der Waals surface area contributed by atoms with Gasteiger partial charge in [0.05, 0.1) is 5.69 Å². The average Bonchev–Trinajstić information content (AvgIpc) is 3.10. The van der Waals surface area contributed by atoms with Crippen LogP contribution in [-0.2, 0) is 0 Å². The fourth-order valence-corrected chi connectivity index (χ4v) is 2.17. The summed E-state index contributed by atoms with van der Waals surface area (Å²) in [5.41, 5.74) is 8.44. The van der Waals surface area contributed by atoms with Crippen LogP contribution in [0.15, 0.2) is 60.8 Å². The van der Waals surface area contributed by atoms with Crippen molar-refractivity contribution in [1.29, 1.82) is 0 Å². The van der Waals surface area contributed by atoms with Crippen LogP contribution >= 0.6 is 0 Å². The fourth-order valence-electron chi connectivity index (χ4n) is 2.17. The zero-order valence-electron chi connectivity index (χ0n) is 12.1. The Bertz CT molecular complexity index is 839. The molecule has 0 aliphatic carbocycles. The third-order valence-electron chi connectivity index (χ3n) is 3.36. The van der Waals surface area contributed by atoms with Gasteiger partial charge in [0.1, 0.15) is 0 Å². The van der Waals surface area contributed by atoms with Gasteiger partial charge in [0.2, 0.25) is 5.91 Å². The van der Waals surface area contributed by atoms with Gasteiger partial charge in [-0.1, -0.05) is 12.1 Å². The van der Waals surface area contributed by atoms with Gasteiger partial charge in [-0.3, -0.25) is 14.7 Å². The lowest BCUT2D eigenvalue weighted by Crippen LogP contribution is -2.14. The summed E-state index contributed by atoms with van der Waals surface area (Å²) in [5, 5.41) is 9.60. The summed E-state index contributed by atoms with van der Waals surface area (Å²) in [6.07, 6.45) is 1.67. The molecular formula is C17H14N4O2. The van der Waals surface area contributed by atoms with Gasteiger partial charge < -0.3 is 11.1 Å². The van der Waals surface area contributed by atoms with Gasteiger partial charge in [-0.25, -0.2) is 0 Å². The maximum Gasteiger partial charge on any atom is 0.255 e. The van der Waals surface area contributed by atoms with Crippen molar-refractivity contribution in [3.05, 3.63) is 71.9 Å². The van der Waals surface area contributed by atoms with E-state index in [0.717, 1.165) is 11.3 Å². The SMILES string of the molecule is NC(=O)c1ccc(C(=O)Nc2cccc(-c3ccn[nH]3)c2)cc1. The number of carbonyl (C=O) groups excluding carboxylic acids is 2. The molecule has 6 heteroatoms. The summed E-state index contributed by atoms with van der Waals surface area (Å²) in [5.74, 6) is -0.785. The number of nitrogens with two attached hydrogens (primary N) is 1. The Morgan fingerprint density at radius 2 is 1.74 bits per heavy atom. The lowest BCUT2D eigenvalue weighted by atomic mass is 10.1. The first-order chi connectivity index (χ1) is 11.1. The van der Waals surface area contributed by atoms with Crippen LogP contribution in [0.5, 0.6) is 0 Å². The highest BCUT2D eigenvalue weighted by atomic mass is 16.2. The Morgan fingerprint density at radius 1 is 1.00 bits per heavy atom. The number of hydrogen-bond donors (Lipinski definition) is 3. The Balaban J connectivity index is 1.77. The predicted molar refractivity (Wildman–Crippen MR) is 86.9 cm³/mol. The van der Waals surface area contributed by atoms with Crippen LogP contribution in [0.2, 0.25) is 0 Å². The summed E-state index contributed by atoms with van der Waals surface area (Å²) < 4.78 is 0. The third kappa shape index (κ3) is 3.26. The highest BCUT2D eigenvalue weighted by Crippen LogP contribution is 2.20.